The summed E-state index contributed by atoms with van der Waals surface area (Å²) in [6, 6.07) is 7.28. The highest BCUT2D eigenvalue weighted by Crippen LogP contribution is 2.22. The molecule has 0 bridgehead atoms. The normalized spacial score (nSPS) is 10.0. The number of carbonyl (C=O) groups excluding carboxylic acids is 2. The monoisotopic (exact) mass is 305 g/mol. The van der Waals surface area contributed by atoms with Crippen LogP contribution in [0.15, 0.2) is 29.6 Å². The maximum Gasteiger partial charge on any atom is 0.311 e. The first kappa shape index (κ1) is 15.0. The standard InChI is InChI=1S/C14H15N3O3S/c1-9(18)15-10-3-5-11(6-4-10)16-14-17-12(8-21-14)7-13(19)20-2/h3-6,8H,7H2,1-2H3,(H,15,18)(H,16,17). The molecular formula is C14H15N3O3S. The van der Waals surface area contributed by atoms with Crippen molar-refractivity contribution in [1.29, 1.82) is 0 Å². The Labute approximate surface area is 126 Å². The van der Waals surface area contributed by atoms with Gasteiger partial charge in [0.05, 0.1) is 19.2 Å². The summed E-state index contributed by atoms with van der Waals surface area (Å²) in [5, 5.41) is 8.34. The van der Waals surface area contributed by atoms with Gasteiger partial charge in [0.15, 0.2) is 5.13 Å². The quantitative estimate of drug-likeness (QED) is 0.830. The molecular weight excluding hydrogens is 290 g/mol. The van der Waals surface area contributed by atoms with E-state index in [4.69, 9.17) is 0 Å². The third kappa shape index (κ3) is 4.57. The van der Waals surface area contributed by atoms with Gasteiger partial charge >= 0.3 is 5.97 Å². The largest absolute Gasteiger partial charge is 0.469 e. The van der Waals surface area contributed by atoms with Gasteiger partial charge in [0, 0.05) is 23.7 Å². The number of ether oxygens (including phenoxy) is 1. The average molecular weight is 305 g/mol. The van der Waals surface area contributed by atoms with Crippen LogP contribution in [0.3, 0.4) is 0 Å². The molecule has 0 aliphatic carbocycles. The number of esters is 1. The second kappa shape index (κ2) is 6.85. The van der Waals surface area contributed by atoms with Gasteiger partial charge in [-0.2, -0.15) is 0 Å². The highest BCUT2D eigenvalue weighted by atomic mass is 32.1. The predicted octanol–water partition coefficient (Wildman–Crippen LogP) is 2.56. The Balaban J connectivity index is 1.98. The number of hydrogen-bond donors (Lipinski definition) is 2. The topological polar surface area (TPSA) is 80.3 Å². The molecule has 0 fully saturated rings. The van der Waals surface area contributed by atoms with Crippen LogP contribution in [0.1, 0.15) is 12.6 Å². The SMILES string of the molecule is COC(=O)Cc1csc(Nc2ccc(NC(C)=O)cc2)n1. The molecule has 0 atom stereocenters. The van der Waals surface area contributed by atoms with Crippen molar-refractivity contribution >= 4 is 39.7 Å². The fourth-order valence-corrected chi connectivity index (χ4v) is 2.36. The Morgan fingerprint density at radius 2 is 1.90 bits per heavy atom. The van der Waals surface area contributed by atoms with Crippen molar-refractivity contribution < 1.29 is 14.3 Å². The van der Waals surface area contributed by atoms with Crippen molar-refractivity contribution in [2.75, 3.05) is 17.7 Å². The molecule has 6 nitrogen and oxygen atoms in total. The fraction of sp³-hybridized carbons (Fsp3) is 0.214. The summed E-state index contributed by atoms with van der Waals surface area (Å²) in [5.74, 6) is -0.422. The highest BCUT2D eigenvalue weighted by molar-refractivity contribution is 7.13. The van der Waals surface area contributed by atoms with Crippen molar-refractivity contribution in [3.8, 4) is 0 Å². The number of carbonyl (C=O) groups is 2. The Hall–Kier alpha value is -2.41. The Kier molecular flexibility index (Phi) is 4.89. The summed E-state index contributed by atoms with van der Waals surface area (Å²) in [7, 11) is 1.35. The maximum absolute atomic E-state index is 11.2. The molecule has 1 aromatic carbocycles. The van der Waals surface area contributed by atoms with Crippen molar-refractivity contribution in [3.05, 3.63) is 35.3 Å². The summed E-state index contributed by atoms with van der Waals surface area (Å²) in [6.07, 6.45) is 0.163. The van der Waals surface area contributed by atoms with E-state index in [1.165, 1.54) is 25.4 Å². The molecule has 0 saturated heterocycles. The number of anilines is 3. The number of aromatic nitrogens is 1. The van der Waals surface area contributed by atoms with Crippen LogP contribution in [0.25, 0.3) is 0 Å². The molecule has 2 rings (SSSR count). The molecule has 1 amide bonds. The molecule has 7 heteroatoms. The fourth-order valence-electron chi connectivity index (χ4n) is 1.63. The minimum Gasteiger partial charge on any atom is -0.469 e. The highest BCUT2D eigenvalue weighted by Gasteiger charge is 2.07. The zero-order valence-corrected chi connectivity index (χ0v) is 12.5. The van der Waals surface area contributed by atoms with Gasteiger partial charge in [-0.3, -0.25) is 9.59 Å². The molecule has 110 valence electrons. The molecule has 0 unspecified atom stereocenters. The van der Waals surface area contributed by atoms with Gasteiger partial charge < -0.3 is 15.4 Å². The van der Waals surface area contributed by atoms with E-state index in [9.17, 15) is 9.59 Å². The van der Waals surface area contributed by atoms with E-state index < -0.39 is 0 Å². The maximum atomic E-state index is 11.2. The smallest absolute Gasteiger partial charge is 0.311 e. The summed E-state index contributed by atoms with van der Waals surface area (Å²) >= 11 is 1.41. The second-order valence-electron chi connectivity index (χ2n) is 4.28. The molecule has 0 saturated carbocycles. The first-order chi connectivity index (χ1) is 10.1. The molecule has 2 N–H and O–H groups in total. The number of hydrogen-bond acceptors (Lipinski definition) is 6. The van der Waals surface area contributed by atoms with E-state index in [0.717, 1.165) is 11.4 Å². The minimum absolute atomic E-state index is 0.108. The summed E-state index contributed by atoms with van der Waals surface area (Å²) in [4.78, 5) is 26.4. The Morgan fingerprint density at radius 1 is 1.24 bits per heavy atom. The van der Waals surface area contributed by atoms with Crippen LogP contribution < -0.4 is 10.6 Å². The van der Waals surface area contributed by atoms with E-state index in [1.807, 2.05) is 17.5 Å². The van der Waals surface area contributed by atoms with Gasteiger partial charge in [-0.25, -0.2) is 4.98 Å². The Morgan fingerprint density at radius 3 is 2.52 bits per heavy atom. The first-order valence-corrected chi connectivity index (χ1v) is 7.10. The molecule has 1 heterocycles. The van der Waals surface area contributed by atoms with Gasteiger partial charge in [0.25, 0.3) is 0 Å². The number of methoxy groups -OCH3 is 1. The minimum atomic E-state index is -0.313. The van der Waals surface area contributed by atoms with Crippen molar-refractivity contribution in [1.82, 2.24) is 4.98 Å². The molecule has 0 aliphatic rings. The van der Waals surface area contributed by atoms with Crippen LogP contribution in [0.5, 0.6) is 0 Å². The molecule has 1 aromatic heterocycles. The van der Waals surface area contributed by atoms with Crippen LogP contribution >= 0.6 is 11.3 Å². The molecule has 2 aromatic rings. The lowest BCUT2D eigenvalue weighted by Gasteiger charge is -2.05. The first-order valence-electron chi connectivity index (χ1n) is 6.22. The Bertz CT molecular complexity index is 637. The van der Waals surface area contributed by atoms with E-state index in [-0.39, 0.29) is 18.3 Å². The zero-order valence-electron chi connectivity index (χ0n) is 11.7. The number of nitrogens with zero attached hydrogens (tertiary/aromatic N) is 1. The lowest BCUT2D eigenvalue weighted by Crippen LogP contribution is -2.05. The zero-order chi connectivity index (χ0) is 15.2. The number of nitrogens with one attached hydrogen (secondary N) is 2. The molecule has 21 heavy (non-hydrogen) atoms. The van der Waals surface area contributed by atoms with Crippen LogP contribution in [0.2, 0.25) is 0 Å². The van der Waals surface area contributed by atoms with Crippen molar-refractivity contribution in [2.45, 2.75) is 13.3 Å². The number of benzene rings is 1. The average Bonchev–Trinajstić information content (AvgIpc) is 2.87. The third-order valence-electron chi connectivity index (χ3n) is 2.56. The van der Waals surface area contributed by atoms with Crippen LogP contribution in [-0.4, -0.2) is 24.0 Å². The predicted molar refractivity (Wildman–Crippen MR) is 81.9 cm³/mol. The van der Waals surface area contributed by atoms with Gasteiger partial charge in [-0.15, -0.1) is 11.3 Å². The van der Waals surface area contributed by atoms with Crippen molar-refractivity contribution in [2.24, 2.45) is 0 Å². The lowest BCUT2D eigenvalue weighted by molar-refractivity contribution is -0.139. The van der Waals surface area contributed by atoms with Crippen LogP contribution in [0.4, 0.5) is 16.5 Å². The van der Waals surface area contributed by atoms with E-state index in [2.05, 4.69) is 20.4 Å². The number of thiazole rings is 1. The van der Waals surface area contributed by atoms with Gasteiger partial charge in [-0.05, 0) is 24.3 Å². The lowest BCUT2D eigenvalue weighted by atomic mass is 10.3. The van der Waals surface area contributed by atoms with Crippen molar-refractivity contribution in [3.63, 3.8) is 0 Å². The molecule has 0 spiro atoms. The summed E-state index contributed by atoms with van der Waals surface area (Å²) in [5.41, 5.74) is 2.26. The molecule has 0 aliphatic heterocycles. The van der Waals surface area contributed by atoms with E-state index in [0.29, 0.717) is 10.8 Å². The summed E-state index contributed by atoms with van der Waals surface area (Å²) < 4.78 is 4.60. The van der Waals surface area contributed by atoms with Gasteiger partial charge in [-0.1, -0.05) is 0 Å². The van der Waals surface area contributed by atoms with E-state index >= 15 is 0 Å². The number of rotatable bonds is 5. The second-order valence-corrected chi connectivity index (χ2v) is 5.14. The van der Waals surface area contributed by atoms with Gasteiger partial charge in [0.1, 0.15) is 0 Å². The van der Waals surface area contributed by atoms with E-state index in [1.54, 1.807) is 12.1 Å². The van der Waals surface area contributed by atoms with Crippen LogP contribution in [-0.2, 0) is 20.7 Å². The van der Waals surface area contributed by atoms with Gasteiger partial charge in [0.2, 0.25) is 5.91 Å². The number of amides is 1. The summed E-state index contributed by atoms with van der Waals surface area (Å²) in [6.45, 7) is 1.46. The molecule has 0 radical (unpaired) electrons. The third-order valence-corrected chi connectivity index (χ3v) is 3.37. The van der Waals surface area contributed by atoms with Crippen LogP contribution in [0, 0.1) is 0 Å².